The number of para-hydroxylation sites is 1. The molecule has 1 aromatic heterocycles. The molecule has 0 amide bonds. The SMILES string of the molecule is CC(C)Cc1nnc(SCC(=O)O)n1-c1ccccc1. The van der Waals surface area contributed by atoms with E-state index in [1.54, 1.807) is 0 Å². The standard InChI is InChI=1S/C14H17N3O2S/c1-10(2)8-12-15-16-14(20-9-13(18)19)17(12)11-6-4-3-5-7-11/h3-7,10H,8-9H2,1-2H3,(H,18,19). The molecule has 0 aliphatic rings. The predicted molar refractivity (Wildman–Crippen MR) is 78.3 cm³/mol. The van der Waals surface area contributed by atoms with Crippen molar-refractivity contribution in [2.75, 3.05) is 5.75 Å². The quantitative estimate of drug-likeness (QED) is 0.829. The lowest BCUT2D eigenvalue weighted by Crippen LogP contribution is -2.07. The number of rotatable bonds is 6. The Bertz CT molecular complexity index is 581. The van der Waals surface area contributed by atoms with Gasteiger partial charge < -0.3 is 5.11 Å². The van der Waals surface area contributed by atoms with Crippen LogP contribution in [0.4, 0.5) is 0 Å². The zero-order valence-electron chi connectivity index (χ0n) is 11.5. The van der Waals surface area contributed by atoms with E-state index in [1.807, 2.05) is 34.9 Å². The minimum absolute atomic E-state index is 0.0212. The number of carbonyl (C=O) groups is 1. The molecule has 20 heavy (non-hydrogen) atoms. The smallest absolute Gasteiger partial charge is 0.313 e. The number of thioether (sulfide) groups is 1. The molecule has 5 nitrogen and oxygen atoms in total. The summed E-state index contributed by atoms with van der Waals surface area (Å²) in [6.45, 7) is 4.24. The Morgan fingerprint density at radius 1 is 1.30 bits per heavy atom. The van der Waals surface area contributed by atoms with E-state index in [0.29, 0.717) is 11.1 Å². The van der Waals surface area contributed by atoms with E-state index < -0.39 is 5.97 Å². The maximum absolute atomic E-state index is 10.7. The highest BCUT2D eigenvalue weighted by atomic mass is 32.2. The molecule has 6 heteroatoms. The fourth-order valence-corrected chi connectivity index (χ4v) is 2.54. The van der Waals surface area contributed by atoms with E-state index in [1.165, 1.54) is 11.8 Å². The molecular weight excluding hydrogens is 274 g/mol. The summed E-state index contributed by atoms with van der Waals surface area (Å²) in [6, 6.07) is 9.77. The molecular formula is C14H17N3O2S. The maximum Gasteiger partial charge on any atom is 0.313 e. The van der Waals surface area contributed by atoms with E-state index in [0.717, 1.165) is 17.9 Å². The highest BCUT2D eigenvalue weighted by Gasteiger charge is 2.16. The summed E-state index contributed by atoms with van der Waals surface area (Å²) in [7, 11) is 0. The van der Waals surface area contributed by atoms with Gasteiger partial charge in [0.15, 0.2) is 5.16 Å². The molecule has 0 bridgehead atoms. The number of carboxylic acid groups (broad SMARTS) is 1. The van der Waals surface area contributed by atoms with Crippen molar-refractivity contribution in [2.45, 2.75) is 25.4 Å². The second-order valence-electron chi connectivity index (χ2n) is 4.85. The zero-order chi connectivity index (χ0) is 14.5. The molecule has 1 aromatic carbocycles. The van der Waals surface area contributed by atoms with E-state index >= 15 is 0 Å². The molecule has 1 N–H and O–H groups in total. The lowest BCUT2D eigenvalue weighted by atomic mass is 10.1. The first-order valence-corrected chi connectivity index (χ1v) is 7.40. The van der Waals surface area contributed by atoms with E-state index in [4.69, 9.17) is 5.11 Å². The van der Waals surface area contributed by atoms with Crippen LogP contribution in [0.3, 0.4) is 0 Å². The third kappa shape index (κ3) is 3.60. The number of hydrogen-bond donors (Lipinski definition) is 1. The Kier molecular flexibility index (Phi) is 4.79. The van der Waals surface area contributed by atoms with E-state index in [-0.39, 0.29) is 5.75 Å². The molecule has 2 rings (SSSR count). The van der Waals surface area contributed by atoms with Gasteiger partial charge in [-0.15, -0.1) is 10.2 Å². The van der Waals surface area contributed by atoms with Crippen molar-refractivity contribution in [3.63, 3.8) is 0 Å². The predicted octanol–water partition coefficient (Wildman–Crippen LogP) is 2.64. The van der Waals surface area contributed by atoms with Gasteiger partial charge in [-0.25, -0.2) is 0 Å². The second kappa shape index (κ2) is 6.56. The molecule has 0 atom stereocenters. The van der Waals surface area contributed by atoms with Crippen LogP contribution < -0.4 is 0 Å². The molecule has 1 heterocycles. The fraction of sp³-hybridized carbons (Fsp3) is 0.357. The molecule has 0 radical (unpaired) electrons. The molecule has 106 valence electrons. The first-order chi connectivity index (χ1) is 9.58. The van der Waals surface area contributed by atoms with Crippen LogP contribution in [-0.4, -0.2) is 31.6 Å². The van der Waals surface area contributed by atoms with Crippen LogP contribution in [0.1, 0.15) is 19.7 Å². The van der Waals surface area contributed by atoms with Crippen molar-refractivity contribution in [3.8, 4) is 5.69 Å². The van der Waals surface area contributed by atoms with Crippen molar-refractivity contribution >= 4 is 17.7 Å². The van der Waals surface area contributed by atoms with Gasteiger partial charge in [-0.3, -0.25) is 9.36 Å². The van der Waals surface area contributed by atoms with Crippen LogP contribution in [0.2, 0.25) is 0 Å². The van der Waals surface area contributed by atoms with Crippen LogP contribution in [0.5, 0.6) is 0 Å². The van der Waals surface area contributed by atoms with Crippen molar-refractivity contribution < 1.29 is 9.90 Å². The third-order valence-electron chi connectivity index (χ3n) is 2.63. The van der Waals surface area contributed by atoms with E-state index in [9.17, 15) is 4.79 Å². The van der Waals surface area contributed by atoms with Gasteiger partial charge in [0.25, 0.3) is 0 Å². The summed E-state index contributed by atoms with van der Waals surface area (Å²) < 4.78 is 1.94. The fourth-order valence-electron chi connectivity index (χ4n) is 1.85. The maximum atomic E-state index is 10.7. The number of benzene rings is 1. The van der Waals surface area contributed by atoms with Crippen molar-refractivity contribution in [2.24, 2.45) is 5.92 Å². The number of aromatic nitrogens is 3. The lowest BCUT2D eigenvalue weighted by molar-refractivity contribution is -0.133. The van der Waals surface area contributed by atoms with Gasteiger partial charge in [-0.05, 0) is 18.1 Å². The molecule has 0 saturated carbocycles. The van der Waals surface area contributed by atoms with Gasteiger partial charge >= 0.3 is 5.97 Å². The zero-order valence-corrected chi connectivity index (χ0v) is 12.3. The molecule has 0 unspecified atom stereocenters. The second-order valence-corrected chi connectivity index (χ2v) is 5.79. The van der Waals surface area contributed by atoms with Gasteiger partial charge in [0.2, 0.25) is 0 Å². The minimum Gasteiger partial charge on any atom is -0.481 e. The van der Waals surface area contributed by atoms with Gasteiger partial charge in [-0.1, -0.05) is 43.8 Å². The van der Waals surface area contributed by atoms with Crippen molar-refractivity contribution in [3.05, 3.63) is 36.2 Å². The van der Waals surface area contributed by atoms with Gasteiger partial charge in [0.05, 0.1) is 5.75 Å². The molecule has 0 aliphatic heterocycles. The molecule has 0 aliphatic carbocycles. The van der Waals surface area contributed by atoms with Crippen LogP contribution in [0.15, 0.2) is 35.5 Å². The monoisotopic (exact) mass is 291 g/mol. The van der Waals surface area contributed by atoms with Crippen LogP contribution in [-0.2, 0) is 11.2 Å². The number of carboxylic acids is 1. The summed E-state index contributed by atoms with van der Waals surface area (Å²) in [5, 5.41) is 17.8. The largest absolute Gasteiger partial charge is 0.481 e. The van der Waals surface area contributed by atoms with E-state index in [2.05, 4.69) is 24.0 Å². The molecule has 0 spiro atoms. The van der Waals surface area contributed by atoms with Crippen LogP contribution >= 0.6 is 11.8 Å². The van der Waals surface area contributed by atoms with Crippen LogP contribution in [0.25, 0.3) is 5.69 Å². The average Bonchev–Trinajstić information content (AvgIpc) is 2.79. The summed E-state index contributed by atoms with van der Waals surface area (Å²) >= 11 is 1.19. The minimum atomic E-state index is -0.858. The Morgan fingerprint density at radius 2 is 2.00 bits per heavy atom. The summed E-state index contributed by atoms with van der Waals surface area (Å²) in [5.74, 6) is 0.438. The summed E-state index contributed by atoms with van der Waals surface area (Å²) in [4.78, 5) is 10.7. The Morgan fingerprint density at radius 3 is 2.60 bits per heavy atom. The Balaban J connectivity index is 2.37. The van der Waals surface area contributed by atoms with Crippen LogP contribution in [0, 0.1) is 5.92 Å². The van der Waals surface area contributed by atoms with Crippen molar-refractivity contribution in [1.29, 1.82) is 0 Å². The van der Waals surface area contributed by atoms with Gasteiger partial charge in [0.1, 0.15) is 5.82 Å². The topological polar surface area (TPSA) is 68.0 Å². The summed E-state index contributed by atoms with van der Waals surface area (Å²) in [5.41, 5.74) is 0.959. The highest BCUT2D eigenvalue weighted by molar-refractivity contribution is 7.99. The third-order valence-corrected chi connectivity index (χ3v) is 3.54. The first-order valence-electron chi connectivity index (χ1n) is 6.42. The van der Waals surface area contributed by atoms with Crippen molar-refractivity contribution in [1.82, 2.24) is 14.8 Å². The Hall–Kier alpha value is -1.82. The highest BCUT2D eigenvalue weighted by Crippen LogP contribution is 2.23. The molecule has 2 aromatic rings. The van der Waals surface area contributed by atoms with Gasteiger partial charge in [0, 0.05) is 12.1 Å². The lowest BCUT2D eigenvalue weighted by Gasteiger charge is -2.10. The van der Waals surface area contributed by atoms with Gasteiger partial charge in [-0.2, -0.15) is 0 Å². The first kappa shape index (κ1) is 14.6. The number of aliphatic carboxylic acids is 1. The molecule has 0 saturated heterocycles. The number of hydrogen-bond acceptors (Lipinski definition) is 4. The molecule has 0 fully saturated rings. The normalized spacial score (nSPS) is 10.9. The summed E-state index contributed by atoms with van der Waals surface area (Å²) in [6.07, 6.45) is 0.801. The number of nitrogens with zero attached hydrogens (tertiary/aromatic N) is 3. The Labute approximate surface area is 122 Å². The average molecular weight is 291 g/mol.